The van der Waals surface area contributed by atoms with Crippen LogP contribution in [0.1, 0.15) is 16.7 Å². The highest BCUT2D eigenvalue weighted by molar-refractivity contribution is 5.31. The van der Waals surface area contributed by atoms with Crippen LogP contribution in [-0.4, -0.2) is 6.54 Å². The molecule has 4 heteroatoms. The molecule has 0 radical (unpaired) electrons. The van der Waals surface area contributed by atoms with Crippen LogP contribution in [0.4, 0.5) is 13.2 Å². The van der Waals surface area contributed by atoms with Crippen molar-refractivity contribution in [2.75, 3.05) is 6.54 Å². The Labute approximate surface area is 80.7 Å². The van der Waals surface area contributed by atoms with Crippen molar-refractivity contribution in [1.29, 1.82) is 0 Å². The van der Waals surface area contributed by atoms with E-state index >= 15 is 0 Å². The van der Waals surface area contributed by atoms with E-state index in [2.05, 4.69) is 0 Å². The highest BCUT2D eigenvalue weighted by Gasteiger charge is 2.30. The maximum atomic E-state index is 12.4. The Balaban J connectivity index is 3.07. The third kappa shape index (κ3) is 2.73. The topological polar surface area (TPSA) is 26.0 Å². The van der Waals surface area contributed by atoms with Gasteiger partial charge in [-0.3, -0.25) is 0 Å². The van der Waals surface area contributed by atoms with Gasteiger partial charge in [-0.1, -0.05) is 11.6 Å². The maximum absolute atomic E-state index is 12.4. The van der Waals surface area contributed by atoms with Crippen molar-refractivity contribution in [3.8, 4) is 0 Å². The van der Waals surface area contributed by atoms with Gasteiger partial charge in [0.15, 0.2) is 0 Å². The number of halogens is 3. The number of nitrogens with two attached hydrogens (primary N) is 1. The Morgan fingerprint density at radius 1 is 1.21 bits per heavy atom. The molecular formula is C10H12F3N. The van der Waals surface area contributed by atoms with E-state index in [9.17, 15) is 13.2 Å². The predicted molar refractivity (Wildman–Crippen MR) is 48.9 cm³/mol. The van der Waals surface area contributed by atoms with Gasteiger partial charge >= 0.3 is 6.18 Å². The molecule has 0 atom stereocenters. The Bertz CT molecular complexity index is 318. The quantitative estimate of drug-likeness (QED) is 0.785. The number of alkyl halides is 3. The van der Waals surface area contributed by atoms with Crippen LogP contribution in [0, 0.1) is 6.92 Å². The highest BCUT2D eigenvalue weighted by Crippen LogP contribution is 2.30. The molecule has 0 saturated heterocycles. The first-order valence-electron chi connectivity index (χ1n) is 4.31. The molecule has 78 valence electrons. The van der Waals surface area contributed by atoms with Gasteiger partial charge in [0.1, 0.15) is 0 Å². The Hall–Kier alpha value is -1.03. The minimum absolute atomic E-state index is 0.362. The molecule has 14 heavy (non-hydrogen) atoms. The summed E-state index contributed by atoms with van der Waals surface area (Å²) < 4.78 is 37.1. The fraction of sp³-hybridized carbons (Fsp3) is 0.400. The highest BCUT2D eigenvalue weighted by atomic mass is 19.4. The summed E-state index contributed by atoms with van der Waals surface area (Å²) in [7, 11) is 0. The number of hydrogen-bond donors (Lipinski definition) is 1. The lowest BCUT2D eigenvalue weighted by atomic mass is 10.0. The SMILES string of the molecule is Cc1cc(CCN)cc(C(F)(F)F)c1. The van der Waals surface area contributed by atoms with E-state index in [-0.39, 0.29) is 0 Å². The zero-order valence-corrected chi connectivity index (χ0v) is 7.86. The standard InChI is InChI=1S/C10H12F3N/c1-7-4-8(2-3-14)6-9(5-7)10(11,12)13/h4-6H,2-3,14H2,1H3. The number of benzene rings is 1. The number of rotatable bonds is 2. The third-order valence-corrected chi connectivity index (χ3v) is 1.90. The van der Waals surface area contributed by atoms with Gasteiger partial charge < -0.3 is 5.73 Å². The van der Waals surface area contributed by atoms with Crippen LogP contribution in [0.2, 0.25) is 0 Å². The lowest BCUT2D eigenvalue weighted by molar-refractivity contribution is -0.137. The zero-order valence-electron chi connectivity index (χ0n) is 7.86. The second-order valence-corrected chi connectivity index (χ2v) is 3.24. The molecule has 1 aromatic carbocycles. The molecule has 0 fully saturated rings. The molecule has 0 unspecified atom stereocenters. The van der Waals surface area contributed by atoms with Gasteiger partial charge in [0.05, 0.1) is 5.56 Å². The molecule has 0 amide bonds. The van der Waals surface area contributed by atoms with Crippen molar-refractivity contribution in [2.45, 2.75) is 19.5 Å². The minimum atomic E-state index is -4.27. The first-order valence-corrected chi connectivity index (χ1v) is 4.31. The molecule has 1 aromatic rings. The van der Waals surface area contributed by atoms with E-state index in [1.165, 1.54) is 0 Å². The molecule has 0 aliphatic rings. The third-order valence-electron chi connectivity index (χ3n) is 1.90. The van der Waals surface area contributed by atoms with Gasteiger partial charge in [-0.15, -0.1) is 0 Å². The molecule has 1 rings (SSSR count). The van der Waals surface area contributed by atoms with Crippen molar-refractivity contribution in [3.63, 3.8) is 0 Å². The summed E-state index contributed by atoms with van der Waals surface area (Å²) in [6, 6.07) is 4.02. The summed E-state index contributed by atoms with van der Waals surface area (Å²) in [5, 5.41) is 0. The average Bonchev–Trinajstić information content (AvgIpc) is 2.02. The van der Waals surface area contributed by atoms with Gasteiger partial charge in [-0.2, -0.15) is 13.2 Å². The van der Waals surface area contributed by atoms with Crippen molar-refractivity contribution < 1.29 is 13.2 Å². The lowest BCUT2D eigenvalue weighted by Gasteiger charge is -2.09. The van der Waals surface area contributed by atoms with E-state index in [0.29, 0.717) is 24.1 Å². The second kappa shape index (κ2) is 4.00. The average molecular weight is 203 g/mol. The largest absolute Gasteiger partial charge is 0.416 e. The van der Waals surface area contributed by atoms with Crippen LogP contribution in [0.15, 0.2) is 18.2 Å². The number of hydrogen-bond acceptors (Lipinski definition) is 1. The van der Waals surface area contributed by atoms with Gasteiger partial charge in [0.2, 0.25) is 0 Å². The fourth-order valence-electron chi connectivity index (χ4n) is 1.34. The van der Waals surface area contributed by atoms with Crippen LogP contribution in [0.3, 0.4) is 0 Å². The second-order valence-electron chi connectivity index (χ2n) is 3.24. The van der Waals surface area contributed by atoms with Crippen LogP contribution in [-0.2, 0) is 12.6 Å². The molecule has 2 N–H and O–H groups in total. The molecule has 0 saturated carbocycles. The van der Waals surface area contributed by atoms with Crippen molar-refractivity contribution in [2.24, 2.45) is 5.73 Å². The van der Waals surface area contributed by atoms with Crippen molar-refractivity contribution in [3.05, 3.63) is 34.9 Å². The summed E-state index contributed by atoms with van der Waals surface area (Å²) in [4.78, 5) is 0. The Morgan fingerprint density at radius 3 is 2.36 bits per heavy atom. The summed E-state index contributed by atoms with van der Waals surface area (Å²) in [6.45, 7) is 2.01. The molecule has 0 aliphatic carbocycles. The Kier molecular flexibility index (Phi) is 3.16. The molecule has 1 nitrogen and oxygen atoms in total. The van der Waals surface area contributed by atoms with Crippen molar-refractivity contribution in [1.82, 2.24) is 0 Å². The van der Waals surface area contributed by atoms with Gasteiger partial charge in [-0.05, 0) is 37.6 Å². The molecule has 0 heterocycles. The number of aryl methyl sites for hydroxylation is 1. The first kappa shape index (κ1) is 11.0. The molecule has 0 aliphatic heterocycles. The fourth-order valence-corrected chi connectivity index (χ4v) is 1.34. The van der Waals surface area contributed by atoms with Crippen LogP contribution < -0.4 is 5.73 Å². The first-order chi connectivity index (χ1) is 6.43. The van der Waals surface area contributed by atoms with E-state index in [0.717, 1.165) is 12.1 Å². The van der Waals surface area contributed by atoms with Gasteiger partial charge in [-0.25, -0.2) is 0 Å². The molecule has 0 aromatic heterocycles. The van der Waals surface area contributed by atoms with E-state index < -0.39 is 11.7 Å². The monoisotopic (exact) mass is 203 g/mol. The van der Waals surface area contributed by atoms with Crippen molar-refractivity contribution >= 4 is 0 Å². The van der Waals surface area contributed by atoms with Gasteiger partial charge in [0, 0.05) is 0 Å². The lowest BCUT2D eigenvalue weighted by Crippen LogP contribution is -2.08. The molecular weight excluding hydrogens is 191 g/mol. The van der Waals surface area contributed by atoms with Gasteiger partial charge in [0.25, 0.3) is 0 Å². The predicted octanol–water partition coefficient (Wildman–Crippen LogP) is 2.52. The van der Waals surface area contributed by atoms with E-state index in [1.807, 2.05) is 0 Å². The Morgan fingerprint density at radius 2 is 1.86 bits per heavy atom. The molecule has 0 bridgehead atoms. The smallest absolute Gasteiger partial charge is 0.330 e. The van der Waals surface area contributed by atoms with E-state index in [1.54, 1.807) is 13.0 Å². The zero-order chi connectivity index (χ0) is 10.8. The van der Waals surface area contributed by atoms with Crippen LogP contribution in [0.25, 0.3) is 0 Å². The summed E-state index contributed by atoms with van der Waals surface area (Å²) in [5.74, 6) is 0. The summed E-state index contributed by atoms with van der Waals surface area (Å²) >= 11 is 0. The minimum Gasteiger partial charge on any atom is -0.330 e. The normalized spacial score (nSPS) is 11.8. The summed E-state index contributed by atoms with van der Waals surface area (Å²) in [5.41, 5.74) is 5.95. The molecule has 0 spiro atoms. The van der Waals surface area contributed by atoms with Crippen LogP contribution >= 0.6 is 0 Å². The van der Waals surface area contributed by atoms with Crippen LogP contribution in [0.5, 0.6) is 0 Å². The summed E-state index contributed by atoms with van der Waals surface area (Å²) in [6.07, 6.45) is -3.79. The maximum Gasteiger partial charge on any atom is 0.416 e. The van der Waals surface area contributed by atoms with E-state index in [4.69, 9.17) is 5.73 Å².